The number of nitrogens with zero attached hydrogens (tertiary/aromatic N) is 5. The third-order valence-corrected chi connectivity index (χ3v) is 4.20. The summed E-state index contributed by atoms with van der Waals surface area (Å²) in [7, 11) is 0. The molecule has 0 radical (unpaired) electrons. The predicted octanol–water partition coefficient (Wildman–Crippen LogP) is 2.23. The Balaban J connectivity index is 1.47. The van der Waals surface area contributed by atoms with Crippen molar-refractivity contribution in [2.45, 2.75) is 57.5 Å². The van der Waals surface area contributed by atoms with Gasteiger partial charge >= 0.3 is 0 Å². The number of rotatable bonds is 5. The van der Waals surface area contributed by atoms with Gasteiger partial charge in [-0.1, -0.05) is 12.1 Å². The van der Waals surface area contributed by atoms with Gasteiger partial charge in [-0.15, -0.1) is 10.2 Å². The molecule has 2 fully saturated rings. The first-order valence-corrected chi connectivity index (χ1v) is 7.72. The molecule has 21 heavy (non-hydrogen) atoms. The average molecular weight is 289 g/mol. The van der Waals surface area contributed by atoms with Crippen molar-refractivity contribution in [2.24, 2.45) is 0 Å². The van der Waals surface area contributed by atoms with Crippen LogP contribution in [0.15, 0.2) is 8.94 Å². The lowest BCUT2D eigenvalue weighted by atomic mass is 10.2. The van der Waals surface area contributed by atoms with Crippen molar-refractivity contribution in [1.29, 1.82) is 0 Å². The highest BCUT2D eigenvalue weighted by atomic mass is 16.5. The Morgan fingerprint density at radius 3 is 2.86 bits per heavy atom. The molecule has 4 rings (SSSR count). The van der Waals surface area contributed by atoms with Crippen molar-refractivity contribution in [1.82, 2.24) is 25.2 Å². The molecule has 2 aliphatic rings. The Kier molecular flexibility index (Phi) is 3.21. The van der Waals surface area contributed by atoms with Crippen LogP contribution in [0.3, 0.4) is 0 Å². The van der Waals surface area contributed by atoms with Crippen molar-refractivity contribution >= 4 is 0 Å². The van der Waals surface area contributed by atoms with E-state index in [2.05, 4.69) is 25.2 Å². The van der Waals surface area contributed by atoms with Crippen LogP contribution < -0.4 is 0 Å². The maximum absolute atomic E-state index is 5.75. The normalized spacial score (nSPS) is 23.0. The smallest absolute Gasteiger partial charge is 0.230 e. The van der Waals surface area contributed by atoms with Crippen LogP contribution in [-0.2, 0) is 13.0 Å². The second kappa shape index (κ2) is 5.22. The molecular weight excluding hydrogens is 270 g/mol. The molecule has 1 saturated heterocycles. The molecule has 2 aromatic heterocycles. The minimum Gasteiger partial charge on any atom is -0.424 e. The fourth-order valence-electron chi connectivity index (χ4n) is 2.85. The number of hydrogen-bond donors (Lipinski definition) is 0. The van der Waals surface area contributed by atoms with Gasteiger partial charge in [0.05, 0.1) is 12.6 Å². The molecule has 2 aromatic rings. The van der Waals surface area contributed by atoms with E-state index in [0.717, 1.165) is 37.5 Å². The molecule has 0 N–H and O–H groups in total. The largest absolute Gasteiger partial charge is 0.424 e. The van der Waals surface area contributed by atoms with Crippen molar-refractivity contribution in [2.75, 3.05) is 6.54 Å². The molecule has 0 spiro atoms. The molecule has 1 aliphatic heterocycles. The van der Waals surface area contributed by atoms with Gasteiger partial charge in [0.15, 0.2) is 5.82 Å². The summed E-state index contributed by atoms with van der Waals surface area (Å²) in [5, 5.41) is 12.4. The molecule has 1 saturated carbocycles. The Morgan fingerprint density at radius 2 is 2.10 bits per heavy atom. The molecule has 7 nitrogen and oxygen atoms in total. The monoisotopic (exact) mass is 289 g/mol. The quantitative estimate of drug-likeness (QED) is 0.834. The molecule has 1 aliphatic carbocycles. The molecule has 0 amide bonds. The Morgan fingerprint density at radius 1 is 1.19 bits per heavy atom. The Labute approximate surface area is 122 Å². The first-order chi connectivity index (χ1) is 10.3. The van der Waals surface area contributed by atoms with E-state index in [1.54, 1.807) is 0 Å². The number of hydrogen-bond acceptors (Lipinski definition) is 7. The molecule has 1 atom stereocenters. The molecule has 3 heterocycles. The third-order valence-electron chi connectivity index (χ3n) is 4.20. The van der Waals surface area contributed by atoms with Gasteiger partial charge in [-0.25, -0.2) is 0 Å². The fraction of sp³-hybridized carbons (Fsp3) is 0.714. The van der Waals surface area contributed by atoms with Gasteiger partial charge in [-0.05, 0) is 32.2 Å². The highest BCUT2D eigenvalue weighted by Crippen LogP contribution is 2.39. The summed E-state index contributed by atoms with van der Waals surface area (Å²) in [6, 6.07) is 0.199. The molecule has 7 heteroatoms. The molecule has 0 bridgehead atoms. The van der Waals surface area contributed by atoms with Gasteiger partial charge < -0.3 is 8.94 Å². The lowest BCUT2D eigenvalue weighted by molar-refractivity contribution is 0.210. The summed E-state index contributed by atoms with van der Waals surface area (Å²) in [6.07, 6.45) is 5.30. The molecule has 1 unspecified atom stereocenters. The summed E-state index contributed by atoms with van der Waals surface area (Å²) in [5.74, 6) is 3.48. The first-order valence-electron chi connectivity index (χ1n) is 7.72. The standard InChI is InChI=1S/C14H19N5O2/c1-2-11-15-13(18-21-11)10-4-3-7-19(10)8-12-16-17-14(20-12)9-5-6-9/h9-10H,2-8H2,1H3. The zero-order valence-electron chi connectivity index (χ0n) is 12.2. The van der Waals surface area contributed by atoms with Crippen molar-refractivity contribution < 1.29 is 8.94 Å². The molecular formula is C14H19N5O2. The van der Waals surface area contributed by atoms with Gasteiger partial charge in [-0.3, -0.25) is 4.90 Å². The summed E-state index contributed by atoms with van der Waals surface area (Å²) in [5.41, 5.74) is 0. The van der Waals surface area contributed by atoms with Gasteiger partial charge in [0.25, 0.3) is 0 Å². The minimum absolute atomic E-state index is 0.199. The van der Waals surface area contributed by atoms with Crippen LogP contribution in [0.2, 0.25) is 0 Å². The predicted molar refractivity (Wildman–Crippen MR) is 72.3 cm³/mol. The van der Waals surface area contributed by atoms with E-state index in [1.807, 2.05) is 6.92 Å². The number of likely N-dealkylation sites (tertiary alicyclic amines) is 1. The van der Waals surface area contributed by atoms with Gasteiger partial charge in [-0.2, -0.15) is 4.98 Å². The highest BCUT2D eigenvalue weighted by Gasteiger charge is 2.33. The Hall–Kier alpha value is -1.76. The van der Waals surface area contributed by atoms with Gasteiger partial charge in [0.2, 0.25) is 17.7 Å². The highest BCUT2D eigenvalue weighted by molar-refractivity contribution is 5.02. The first kappa shape index (κ1) is 12.9. The van der Waals surface area contributed by atoms with Crippen LogP contribution in [0.1, 0.15) is 68.1 Å². The summed E-state index contributed by atoms with van der Waals surface area (Å²) < 4.78 is 11.0. The molecule has 0 aromatic carbocycles. The fourth-order valence-corrected chi connectivity index (χ4v) is 2.85. The van der Waals surface area contributed by atoms with E-state index in [9.17, 15) is 0 Å². The second-order valence-corrected chi connectivity index (χ2v) is 5.84. The summed E-state index contributed by atoms with van der Waals surface area (Å²) in [6.45, 7) is 3.68. The number of aryl methyl sites for hydroxylation is 1. The maximum atomic E-state index is 5.75. The van der Waals surface area contributed by atoms with E-state index in [-0.39, 0.29) is 6.04 Å². The number of aromatic nitrogens is 4. The Bertz CT molecular complexity index is 618. The van der Waals surface area contributed by atoms with E-state index >= 15 is 0 Å². The van der Waals surface area contributed by atoms with Crippen molar-refractivity contribution in [3.8, 4) is 0 Å². The zero-order chi connectivity index (χ0) is 14.2. The average Bonchev–Trinajstić information content (AvgIpc) is 2.94. The van der Waals surface area contributed by atoms with Crippen molar-refractivity contribution in [3.63, 3.8) is 0 Å². The van der Waals surface area contributed by atoms with E-state index in [0.29, 0.717) is 24.2 Å². The SMILES string of the molecule is CCc1nc(C2CCCN2Cc2nnc(C3CC3)o2)no1. The minimum atomic E-state index is 0.199. The van der Waals surface area contributed by atoms with Crippen LogP contribution in [-0.4, -0.2) is 31.8 Å². The summed E-state index contributed by atoms with van der Waals surface area (Å²) >= 11 is 0. The lowest BCUT2D eigenvalue weighted by Crippen LogP contribution is -2.23. The van der Waals surface area contributed by atoms with Crippen LogP contribution in [0.5, 0.6) is 0 Å². The van der Waals surface area contributed by atoms with E-state index in [4.69, 9.17) is 8.94 Å². The lowest BCUT2D eigenvalue weighted by Gasteiger charge is -2.19. The van der Waals surface area contributed by atoms with Crippen LogP contribution in [0.25, 0.3) is 0 Å². The van der Waals surface area contributed by atoms with Crippen LogP contribution in [0.4, 0.5) is 0 Å². The molecule has 112 valence electrons. The van der Waals surface area contributed by atoms with Gasteiger partial charge in [0, 0.05) is 12.3 Å². The topological polar surface area (TPSA) is 81.1 Å². The van der Waals surface area contributed by atoms with Crippen LogP contribution in [0, 0.1) is 0 Å². The summed E-state index contributed by atoms with van der Waals surface area (Å²) in [4.78, 5) is 6.76. The van der Waals surface area contributed by atoms with Crippen molar-refractivity contribution in [3.05, 3.63) is 23.5 Å². The van der Waals surface area contributed by atoms with E-state index in [1.165, 1.54) is 12.8 Å². The maximum Gasteiger partial charge on any atom is 0.230 e. The third kappa shape index (κ3) is 2.57. The van der Waals surface area contributed by atoms with Crippen LogP contribution >= 0.6 is 0 Å². The second-order valence-electron chi connectivity index (χ2n) is 5.84. The zero-order valence-corrected chi connectivity index (χ0v) is 12.2. The van der Waals surface area contributed by atoms with E-state index < -0.39 is 0 Å². The van der Waals surface area contributed by atoms with Gasteiger partial charge in [0.1, 0.15) is 0 Å².